The summed E-state index contributed by atoms with van der Waals surface area (Å²) >= 11 is 0. The molecule has 2 nitrogen and oxygen atoms in total. The van der Waals surface area contributed by atoms with E-state index in [0.717, 1.165) is 39.1 Å². The van der Waals surface area contributed by atoms with Gasteiger partial charge in [0, 0.05) is 19.8 Å². The van der Waals surface area contributed by atoms with E-state index in [1.165, 1.54) is 12.8 Å². The van der Waals surface area contributed by atoms with E-state index in [9.17, 15) is 0 Å². The van der Waals surface area contributed by atoms with E-state index in [2.05, 4.69) is 41.5 Å². The monoisotopic (exact) mass is 270 g/mol. The van der Waals surface area contributed by atoms with Crippen LogP contribution in [0.5, 0.6) is 0 Å². The summed E-state index contributed by atoms with van der Waals surface area (Å²) in [5, 5.41) is 0. The molecule has 0 aromatic rings. The lowest BCUT2D eigenvalue weighted by Gasteiger charge is -2.34. The summed E-state index contributed by atoms with van der Waals surface area (Å²) < 4.78 is 11.7. The molecule has 1 saturated heterocycles. The van der Waals surface area contributed by atoms with E-state index in [-0.39, 0.29) is 5.60 Å². The minimum Gasteiger partial charge on any atom is -0.381 e. The van der Waals surface area contributed by atoms with Gasteiger partial charge in [-0.05, 0) is 49.9 Å². The van der Waals surface area contributed by atoms with Crippen LogP contribution < -0.4 is 0 Å². The molecule has 0 N–H and O–H groups in total. The highest BCUT2D eigenvalue weighted by atomic mass is 16.5. The van der Waals surface area contributed by atoms with Crippen LogP contribution in [0.25, 0.3) is 0 Å². The summed E-state index contributed by atoms with van der Waals surface area (Å²) in [6.45, 7) is 16.4. The van der Waals surface area contributed by atoms with Gasteiger partial charge in [0.2, 0.25) is 0 Å². The quantitative estimate of drug-likeness (QED) is 0.618. The number of rotatable bonds is 7. The molecular formula is C17H34O2. The SMILES string of the molecule is CC(C)(C)CCOCCC(C)(C)CC1(C)CCCO1. The normalized spacial score (nSPS) is 24.9. The van der Waals surface area contributed by atoms with Gasteiger partial charge in [0.15, 0.2) is 0 Å². The lowest BCUT2D eigenvalue weighted by molar-refractivity contribution is -0.0222. The Hall–Kier alpha value is -0.0800. The summed E-state index contributed by atoms with van der Waals surface area (Å²) in [5.41, 5.74) is 0.788. The molecule has 1 rings (SSSR count). The van der Waals surface area contributed by atoms with Crippen molar-refractivity contribution < 1.29 is 9.47 Å². The van der Waals surface area contributed by atoms with Crippen molar-refractivity contribution in [3.05, 3.63) is 0 Å². The van der Waals surface area contributed by atoms with E-state index < -0.39 is 0 Å². The molecule has 1 heterocycles. The average Bonchev–Trinajstić information content (AvgIpc) is 2.61. The predicted octanol–water partition coefficient (Wildman–Crippen LogP) is 4.81. The highest BCUT2D eigenvalue weighted by Gasteiger charge is 2.35. The van der Waals surface area contributed by atoms with Crippen molar-refractivity contribution >= 4 is 0 Å². The summed E-state index contributed by atoms with van der Waals surface area (Å²) in [7, 11) is 0. The van der Waals surface area contributed by atoms with Crippen molar-refractivity contribution in [2.24, 2.45) is 10.8 Å². The molecule has 0 amide bonds. The Kier molecular flexibility index (Phi) is 5.88. The van der Waals surface area contributed by atoms with Gasteiger partial charge in [-0.15, -0.1) is 0 Å². The molecule has 0 bridgehead atoms. The fourth-order valence-corrected chi connectivity index (χ4v) is 2.91. The second-order valence-corrected chi connectivity index (χ2v) is 8.42. The fourth-order valence-electron chi connectivity index (χ4n) is 2.91. The first kappa shape index (κ1) is 17.0. The standard InChI is InChI=1S/C17H34O2/c1-15(2,3)9-12-18-13-10-16(4,5)14-17(6)8-7-11-19-17/h7-14H2,1-6H3. The first-order valence-corrected chi connectivity index (χ1v) is 7.84. The van der Waals surface area contributed by atoms with Gasteiger partial charge >= 0.3 is 0 Å². The molecule has 1 aliphatic heterocycles. The van der Waals surface area contributed by atoms with E-state index in [0.29, 0.717) is 10.8 Å². The van der Waals surface area contributed by atoms with Gasteiger partial charge in [0.25, 0.3) is 0 Å². The van der Waals surface area contributed by atoms with Gasteiger partial charge in [0.05, 0.1) is 5.60 Å². The highest BCUT2D eigenvalue weighted by molar-refractivity contribution is 4.86. The second-order valence-electron chi connectivity index (χ2n) is 8.42. The van der Waals surface area contributed by atoms with Gasteiger partial charge < -0.3 is 9.47 Å². The van der Waals surface area contributed by atoms with Crippen LogP contribution in [0.1, 0.15) is 73.6 Å². The van der Waals surface area contributed by atoms with Crippen molar-refractivity contribution in [2.75, 3.05) is 19.8 Å². The van der Waals surface area contributed by atoms with E-state index in [4.69, 9.17) is 9.47 Å². The Morgan fingerprint density at radius 3 is 2.21 bits per heavy atom. The van der Waals surface area contributed by atoms with Crippen molar-refractivity contribution in [3.63, 3.8) is 0 Å². The molecule has 114 valence electrons. The maximum absolute atomic E-state index is 5.91. The maximum atomic E-state index is 5.91. The fraction of sp³-hybridized carbons (Fsp3) is 1.00. The first-order chi connectivity index (χ1) is 8.62. The number of hydrogen-bond donors (Lipinski definition) is 0. The summed E-state index contributed by atoms with van der Waals surface area (Å²) in [5.74, 6) is 0. The zero-order valence-corrected chi connectivity index (χ0v) is 14.0. The van der Waals surface area contributed by atoms with E-state index >= 15 is 0 Å². The van der Waals surface area contributed by atoms with E-state index in [1.54, 1.807) is 0 Å². The second kappa shape index (κ2) is 6.58. The lowest BCUT2D eigenvalue weighted by atomic mass is 9.78. The third kappa shape index (κ3) is 7.31. The van der Waals surface area contributed by atoms with Gasteiger partial charge in [-0.2, -0.15) is 0 Å². The first-order valence-electron chi connectivity index (χ1n) is 7.84. The van der Waals surface area contributed by atoms with Crippen molar-refractivity contribution in [1.29, 1.82) is 0 Å². The van der Waals surface area contributed by atoms with Gasteiger partial charge in [-0.25, -0.2) is 0 Å². The zero-order chi connectivity index (χ0) is 14.6. The van der Waals surface area contributed by atoms with Crippen LogP contribution in [0.3, 0.4) is 0 Å². The van der Waals surface area contributed by atoms with Gasteiger partial charge in [-0.1, -0.05) is 34.6 Å². The van der Waals surface area contributed by atoms with Crippen LogP contribution in [0.2, 0.25) is 0 Å². The molecular weight excluding hydrogens is 236 g/mol. The lowest BCUT2D eigenvalue weighted by Crippen LogP contribution is -2.31. The molecule has 1 fully saturated rings. The molecule has 0 spiro atoms. The summed E-state index contributed by atoms with van der Waals surface area (Å²) in [6.07, 6.45) is 5.82. The number of ether oxygens (including phenoxy) is 2. The molecule has 0 saturated carbocycles. The largest absolute Gasteiger partial charge is 0.381 e. The average molecular weight is 270 g/mol. The molecule has 1 aliphatic rings. The minimum atomic E-state index is 0.106. The van der Waals surface area contributed by atoms with Crippen molar-refractivity contribution in [2.45, 2.75) is 79.2 Å². The zero-order valence-electron chi connectivity index (χ0n) is 14.0. The molecule has 0 radical (unpaired) electrons. The van der Waals surface area contributed by atoms with Gasteiger partial charge in [0.1, 0.15) is 0 Å². The number of hydrogen-bond acceptors (Lipinski definition) is 2. The van der Waals surface area contributed by atoms with Crippen LogP contribution in [0, 0.1) is 10.8 Å². The minimum absolute atomic E-state index is 0.106. The highest BCUT2D eigenvalue weighted by Crippen LogP contribution is 2.38. The Bertz CT molecular complexity index is 257. The Morgan fingerprint density at radius 2 is 1.68 bits per heavy atom. The van der Waals surface area contributed by atoms with Crippen LogP contribution in [0.15, 0.2) is 0 Å². The Morgan fingerprint density at radius 1 is 1.05 bits per heavy atom. The smallest absolute Gasteiger partial charge is 0.0660 e. The molecule has 0 aromatic heterocycles. The van der Waals surface area contributed by atoms with Gasteiger partial charge in [-0.3, -0.25) is 0 Å². The predicted molar refractivity (Wildman–Crippen MR) is 81.5 cm³/mol. The van der Waals surface area contributed by atoms with Crippen LogP contribution in [0.4, 0.5) is 0 Å². The molecule has 2 heteroatoms. The third-order valence-corrected chi connectivity index (χ3v) is 4.07. The van der Waals surface area contributed by atoms with Crippen LogP contribution in [-0.2, 0) is 9.47 Å². The molecule has 1 atom stereocenters. The molecule has 0 aromatic carbocycles. The molecule has 1 unspecified atom stereocenters. The van der Waals surface area contributed by atoms with Crippen molar-refractivity contribution in [3.8, 4) is 0 Å². The molecule has 19 heavy (non-hydrogen) atoms. The van der Waals surface area contributed by atoms with Crippen LogP contribution >= 0.6 is 0 Å². The Balaban J connectivity index is 2.19. The third-order valence-electron chi connectivity index (χ3n) is 4.07. The summed E-state index contributed by atoms with van der Waals surface area (Å²) in [4.78, 5) is 0. The maximum Gasteiger partial charge on any atom is 0.0660 e. The van der Waals surface area contributed by atoms with Crippen LogP contribution in [-0.4, -0.2) is 25.4 Å². The molecule has 0 aliphatic carbocycles. The Labute approximate surface area is 120 Å². The summed E-state index contributed by atoms with van der Waals surface area (Å²) in [6, 6.07) is 0. The van der Waals surface area contributed by atoms with Crippen molar-refractivity contribution in [1.82, 2.24) is 0 Å². The van der Waals surface area contributed by atoms with E-state index in [1.807, 2.05) is 0 Å². The topological polar surface area (TPSA) is 18.5 Å².